The number of hydrogen-bond donors (Lipinski definition) is 2. The SMILES string of the molecule is CCN1CCC(CNCc2cc(C)c(C(=O)O)o2)C1. The van der Waals surface area contributed by atoms with Crippen molar-refractivity contribution in [2.75, 3.05) is 26.2 Å². The molecular formula is C14H22N2O3. The smallest absolute Gasteiger partial charge is 0.372 e. The second-order valence-corrected chi connectivity index (χ2v) is 5.21. The second-order valence-electron chi connectivity index (χ2n) is 5.21. The van der Waals surface area contributed by atoms with Gasteiger partial charge in [-0.3, -0.25) is 0 Å². The van der Waals surface area contributed by atoms with Crippen LogP contribution in [0.3, 0.4) is 0 Å². The Morgan fingerprint density at radius 2 is 2.42 bits per heavy atom. The molecule has 1 saturated heterocycles. The maximum atomic E-state index is 10.9. The standard InChI is InChI=1S/C14H22N2O3/c1-3-16-5-4-11(9-16)7-15-8-12-6-10(2)13(19-12)14(17)18/h6,11,15H,3-5,7-9H2,1-2H3,(H,17,18). The first-order valence-electron chi connectivity index (χ1n) is 6.85. The van der Waals surface area contributed by atoms with Gasteiger partial charge < -0.3 is 19.7 Å². The third-order valence-corrected chi connectivity index (χ3v) is 3.71. The molecule has 1 fully saturated rings. The molecule has 2 N–H and O–H groups in total. The number of carboxylic acids is 1. The summed E-state index contributed by atoms with van der Waals surface area (Å²) in [5.41, 5.74) is 0.683. The number of nitrogens with zero attached hydrogens (tertiary/aromatic N) is 1. The molecule has 1 atom stereocenters. The fourth-order valence-corrected chi connectivity index (χ4v) is 2.61. The van der Waals surface area contributed by atoms with Gasteiger partial charge in [0.15, 0.2) is 0 Å². The van der Waals surface area contributed by atoms with Gasteiger partial charge in [0.25, 0.3) is 0 Å². The van der Waals surface area contributed by atoms with Gasteiger partial charge in [0.05, 0.1) is 6.54 Å². The van der Waals surface area contributed by atoms with Crippen molar-refractivity contribution in [1.29, 1.82) is 0 Å². The molecule has 0 aromatic carbocycles. The number of carbonyl (C=O) groups is 1. The van der Waals surface area contributed by atoms with Crippen molar-refractivity contribution < 1.29 is 14.3 Å². The summed E-state index contributed by atoms with van der Waals surface area (Å²) in [6.07, 6.45) is 1.23. The molecule has 1 aromatic heterocycles. The van der Waals surface area contributed by atoms with E-state index in [0.717, 1.165) is 19.6 Å². The molecule has 5 heteroatoms. The van der Waals surface area contributed by atoms with Crippen molar-refractivity contribution in [3.63, 3.8) is 0 Å². The van der Waals surface area contributed by atoms with Crippen molar-refractivity contribution in [3.8, 4) is 0 Å². The quantitative estimate of drug-likeness (QED) is 0.820. The number of aryl methyl sites for hydroxylation is 1. The molecule has 0 radical (unpaired) electrons. The Morgan fingerprint density at radius 3 is 3.00 bits per heavy atom. The number of hydrogen-bond acceptors (Lipinski definition) is 4. The Bertz CT molecular complexity index is 442. The van der Waals surface area contributed by atoms with E-state index < -0.39 is 5.97 Å². The molecule has 19 heavy (non-hydrogen) atoms. The van der Waals surface area contributed by atoms with E-state index in [9.17, 15) is 4.79 Å². The highest BCUT2D eigenvalue weighted by molar-refractivity contribution is 5.86. The lowest BCUT2D eigenvalue weighted by molar-refractivity contribution is 0.0659. The second kappa shape index (κ2) is 6.21. The normalized spacial score (nSPS) is 20.0. The summed E-state index contributed by atoms with van der Waals surface area (Å²) in [6.45, 7) is 8.96. The van der Waals surface area contributed by atoms with Crippen LogP contribution in [0.25, 0.3) is 0 Å². The molecule has 0 saturated carbocycles. The van der Waals surface area contributed by atoms with E-state index in [1.165, 1.54) is 13.0 Å². The summed E-state index contributed by atoms with van der Waals surface area (Å²) in [5, 5.41) is 12.3. The largest absolute Gasteiger partial charge is 0.475 e. The molecular weight excluding hydrogens is 244 g/mol. The first kappa shape index (κ1) is 14.1. The number of furan rings is 1. The van der Waals surface area contributed by atoms with Gasteiger partial charge in [-0.1, -0.05) is 6.92 Å². The predicted molar refractivity (Wildman–Crippen MR) is 72.3 cm³/mol. The van der Waals surface area contributed by atoms with E-state index in [4.69, 9.17) is 9.52 Å². The van der Waals surface area contributed by atoms with Crippen LogP contribution in [0.2, 0.25) is 0 Å². The van der Waals surface area contributed by atoms with Crippen LogP contribution in [-0.2, 0) is 6.54 Å². The topological polar surface area (TPSA) is 65.7 Å². The molecule has 1 unspecified atom stereocenters. The molecule has 2 heterocycles. The third kappa shape index (κ3) is 3.58. The van der Waals surface area contributed by atoms with Crippen LogP contribution < -0.4 is 5.32 Å². The summed E-state index contributed by atoms with van der Waals surface area (Å²) < 4.78 is 5.31. The molecule has 1 aliphatic heterocycles. The van der Waals surface area contributed by atoms with Gasteiger partial charge in [-0.05, 0) is 45.0 Å². The average Bonchev–Trinajstić information content (AvgIpc) is 2.96. The number of aromatic carboxylic acids is 1. The Labute approximate surface area is 113 Å². The highest BCUT2D eigenvalue weighted by atomic mass is 16.4. The zero-order valence-electron chi connectivity index (χ0n) is 11.6. The minimum atomic E-state index is -1.00. The van der Waals surface area contributed by atoms with E-state index in [1.807, 2.05) is 0 Å². The monoisotopic (exact) mass is 266 g/mol. The van der Waals surface area contributed by atoms with Crippen molar-refractivity contribution in [1.82, 2.24) is 10.2 Å². The van der Waals surface area contributed by atoms with Gasteiger partial charge in [0.1, 0.15) is 5.76 Å². The van der Waals surface area contributed by atoms with E-state index in [-0.39, 0.29) is 5.76 Å². The van der Waals surface area contributed by atoms with Crippen LogP contribution in [-0.4, -0.2) is 42.2 Å². The summed E-state index contributed by atoms with van der Waals surface area (Å²) >= 11 is 0. The van der Waals surface area contributed by atoms with Gasteiger partial charge in [-0.2, -0.15) is 0 Å². The van der Waals surface area contributed by atoms with Crippen molar-refractivity contribution >= 4 is 5.97 Å². The molecule has 0 spiro atoms. The van der Waals surface area contributed by atoms with Crippen LogP contribution in [0.1, 0.15) is 35.2 Å². The van der Waals surface area contributed by atoms with Crippen LogP contribution in [0, 0.1) is 12.8 Å². The fourth-order valence-electron chi connectivity index (χ4n) is 2.61. The molecule has 5 nitrogen and oxygen atoms in total. The Morgan fingerprint density at radius 1 is 1.63 bits per heavy atom. The molecule has 106 valence electrons. The van der Waals surface area contributed by atoms with E-state index in [0.29, 0.717) is 23.8 Å². The van der Waals surface area contributed by atoms with Crippen LogP contribution in [0.5, 0.6) is 0 Å². The fraction of sp³-hybridized carbons (Fsp3) is 0.643. The van der Waals surface area contributed by atoms with Crippen LogP contribution >= 0.6 is 0 Å². The zero-order chi connectivity index (χ0) is 13.8. The van der Waals surface area contributed by atoms with E-state index in [1.54, 1.807) is 13.0 Å². The molecule has 1 aliphatic rings. The first-order valence-corrected chi connectivity index (χ1v) is 6.85. The van der Waals surface area contributed by atoms with Gasteiger partial charge >= 0.3 is 5.97 Å². The maximum absolute atomic E-state index is 10.9. The lowest BCUT2D eigenvalue weighted by Gasteiger charge is -2.13. The van der Waals surface area contributed by atoms with Crippen LogP contribution in [0.15, 0.2) is 10.5 Å². The molecule has 0 aliphatic carbocycles. The van der Waals surface area contributed by atoms with E-state index in [2.05, 4.69) is 17.1 Å². The van der Waals surface area contributed by atoms with E-state index >= 15 is 0 Å². The Balaban J connectivity index is 1.77. The van der Waals surface area contributed by atoms with Gasteiger partial charge in [-0.25, -0.2) is 4.79 Å². The Kier molecular flexibility index (Phi) is 4.61. The summed E-state index contributed by atoms with van der Waals surface area (Å²) in [4.78, 5) is 13.3. The van der Waals surface area contributed by atoms with Crippen molar-refractivity contribution in [2.24, 2.45) is 5.92 Å². The number of rotatable bonds is 6. The number of nitrogens with one attached hydrogen (secondary N) is 1. The highest BCUT2D eigenvalue weighted by Crippen LogP contribution is 2.16. The van der Waals surface area contributed by atoms with Gasteiger partial charge in [0.2, 0.25) is 5.76 Å². The summed E-state index contributed by atoms with van der Waals surface area (Å²) in [5.74, 6) is 0.433. The van der Waals surface area contributed by atoms with Gasteiger partial charge in [-0.15, -0.1) is 0 Å². The first-order chi connectivity index (χ1) is 9.10. The lowest BCUT2D eigenvalue weighted by Crippen LogP contribution is -2.26. The maximum Gasteiger partial charge on any atom is 0.372 e. The number of carboxylic acid groups (broad SMARTS) is 1. The zero-order valence-corrected chi connectivity index (χ0v) is 11.6. The third-order valence-electron chi connectivity index (χ3n) is 3.71. The van der Waals surface area contributed by atoms with Gasteiger partial charge in [0, 0.05) is 12.1 Å². The predicted octanol–water partition coefficient (Wildman–Crippen LogP) is 1.72. The highest BCUT2D eigenvalue weighted by Gasteiger charge is 2.20. The Hall–Kier alpha value is -1.33. The molecule has 0 amide bonds. The minimum Gasteiger partial charge on any atom is -0.475 e. The van der Waals surface area contributed by atoms with Crippen molar-refractivity contribution in [3.05, 3.63) is 23.2 Å². The molecule has 1 aromatic rings. The minimum absolute atomic E-state index is 0.0508. The van der Waals surface area contributed by atoms with Crippen molar-refractivity contribution in [2.45, 2.75) is 26.8 Å². The van der Waals surface area contributed by atoms with Crippen LogP contribution in [0.4, 0.5) is 0 Å². The molecule has 0 bridgehead atoms. The lowest BCUT2D eigenvalue weighted by atomic mass is 10.1. The summed E-state index contributed by atoms with van der Waals surface area (Å²) in [7, 11) is 0. The average molecular weight is 266 g/mol. The summed E-state index contributed by atoms with van der Waals surface area (Å²) in [6, 6.07) is 1.80. The molecule has 2 rings (SSSR count). The number of likely N-dealkylation sites (tertiary alicyclic amines) is 1.